The van der Waals surface area contributed by atoms with Crippen LogP contribution in [0, 0.1) is 0 Å². The first-order valence-corrected chi connectivity index (χ1v) is 8.34. The quantitative estimate of drug-likeness (QED) is 0.756. The Balaban J connectivity index is 2.10. The van der Waals surface area contributed by atoms with Gasteiger partial charge in [-0.1, -0.05) is 13.8 Å². The standard InChI is InChI=1S/C16H20N4O2S/c1-10(2)23-9-14-8-15(22)20-16(19-14)18-13-6-4-12(5-7-13)17-11(3)21/h4-8,10H,9H2,1-3H3,(H,17,21)(H2,18,19,20,22). The van der Waals surface area contributed by atoms with E-state index in [4.69, 9.17) is 0 Å². The van der Waals surface area contributed by atoms with Crippen LogP contribution in [0.5, 0.6) is 0 Å². The fraction of sp³-hybridized carbons (Fsp3) is 0.312. The second kappa shape index (κ2) is 7.82. The van der Waals surface area contributed by atoms with Crippen LogP contribution in [0.2, 0.25) is 0 Å². The summed E-state index contributed by atoms with van der Waals surface area (Å²) in [7, 11) is 0. The van der Waals surface area contributed by atoms with E-state index >= 15 is 0 Å². The van der Waals surface area contributed by atoms with E-state index in [9.17, 15) is 9.59 Å². The third kappa shape index (κ3) is 5.78. The number of hydrogen-bond donors (Lipinski definition) is 3. The maximum absolute atomic E-state index is 11.7. The summed E-state index contributed by atoms with van der Waals surface area (Å²) in [6.07, 6.45) is 0. The van der Waals surface area contributed by atoms with Gasteiger partial charge in [-0.15, -0.1) is 0 Å². The molecule has 0 aliphatic rings. The molecule has 2 aromatic rings. The average Bonchev–Trinajstić information content (AvgIpc) is 2.46. The molecule has 1 aromatic carbocycles. The van der Waals surface area contributed by atoms with Gasteiger partial charge in [0.1, 0.15) is 0 Å². The second-order valence-electron chi connectivity index (χ2n) is 5.33. The number of rotatable bonds is 6. The average molecular weight is 332 g/mol. The Labute approximate surface area is 139 Å². The van der Waals surface area contributed by atoms with Gasteiger partial charge in [-0.3, -0.25) is 14.6 Å². The van der Waals surface area contributed by atoms with Crippen molar-refractivity contribution in [1.82, 2.24) is 9.97 Å². The van der Waals surface area contributed by atoms with E-state index in [2.05, 4.69) is 34.4 Å². The van der Waals surface area contributed by atoms with Crippen LogP contribution in [0.15, 0.2) is 35.1 Å². The van der Waals surface area contributed by atoms with Crippen molar-refractivity contribution in [3.8, 4) is 0 Å². The molecule has 0 saturated carbocycles. The summed E-state index contributed by atoms with van der Waals surface area (Å²) in [5.74, 6) is 0.980. The molecule has 0 radical (unpaired) electrons. The highest BCUT2D eigenvalue weighted by Gasteiger charge is 2.04. The Hall–Kier alpha value is -2.28. The summed E-state index contributed by atoms with van der Waals surface area (Å²) in [5, 5.41) is 6.24. The fourth-order valence-electron chi connectivity index (χ4n) is 1.87. The smallest absolute Gasteiger partial charge is 0.252 e. The molecule has 0 aliphatic carbocycles. The first-order valence-electron chi connectivity index (χ1n) is 7.29. The molecule has 1 heterocycles. The SMILES string of the molecule is CC(=O)Nc1ccc(Nc2nc(CSC(C)C)cc(=O)[nH]2)cc1. The van der Waals surface area contributed by atoms with Gasteiger partial charge in [-0.05, 0) is 29.5 Å². The van der Waals surface area contributed by atoms with E-state index in [1.807, 2.05) is 0 Å². The number of carbonyl (C=O) groups is 1. The van der Waals surface area contributed by atoms with Gasteiger partial charge in [0.05, 0.1) is 5.69 Å². The lowest BCUT2D eigenvalue weighted by molar-refractivity contribution is -0.114. The zero-order chi connectivity index (χ0) is 16.8. The van der Waals surface area contributed by atoms with Crippen LogP contribution in [-0.4, -0.2) is 21.1 Å². The van der Waals surface area contributed by atoms with E-state index in [1.165, 1.54) is 13.0 Å². The van der Waals surface area contributed by atoms with Gasteiger partial charge in [0.15, 0.2) is 0 Å². The van der Waals surface area contributed by atoms with Crippen molar-refractivity contribution >= 4 is 35.0 Å². The number of nitrogens with one attached hydrogen (secondary N) is 3. The van der Waals surface area contributed by atoms with E-state index in [-0.39, 0.29) is 11.5 Å². The summed E-state index contributed by atoms with van der Waals surface area (Å²) in [6, 6.07) is 8.68. The molecule has 122 valence electrons. The zero-order valence-corrected chi connectivity index (χ0v) is 14.2. The number of aromatic nitrogens is 2. The molecule has 1 amide bonds. The van der Waals surface area contributed by atoms with Crippen LogP contribution in [0.4, 0.5) is 17.3 Å². The van der Waals surface area contributed by atoms with E-state index < -0.39 is 0 Å². The summed E-state index contributed by atoms with van der Waals surface area (Å²) < 4.78 is 0. The van der Waals surface area contributed by atoms with Crippen LogP contribution < -0.4 is 16.2 Å². The molecule has 7 heteroatoms. The van der Waals surface area contributed by atoms with Crippen LogP contribution in [0.1, 0.15) is 26.5 Å². The maximum atomic E-state index is 11.7. The molecule has 0 atom stereocenters. The lowest BCUT2D eigenvalue weighted by Crippen LogP contribution is -2.12. The van der Waals surface area contributed by atoms with Crippen molar-refractivity contribution in [3.05, 3.63) is 46.4 Å². The van der Waals surface area contributed by atoms with E-state index in [0.29, 0.717) is 22.6 Å². The minimum absolute atomic E-state index is 0.118. The Morgan fingerprint density at radius 1 is 1.26 bits per heavy atom. The highest BCUT2D eigenvalue weighted by Crippen LogP contribution is 2.18. The van der Waals surface area contributed by atoms with Gasteiger partial charge < -0.3 is 10.6 Å². The molecular weight excluding hydrogens is 312 g/mol. The highest BCUT2D eigenvalue weighted by molar-refractivity contribution is 7.99. The number of nitrogens with zero attached hydrogens (tertiary/aromatic N) is 1. The third-order valence-corrected chi connectivity index (χ3v) is 3.96. The van der Waals surface area contributed by atoms with E-state index in [0.717, 1.165) is 11.4 Å². The summed E-state index contributed by atoms with van der Waals surface area (Å²) in [6.45, 7) is 5.67. The van der Waals surface area contributed by atoms with Crippen molar-refractivity contribution in [1.29, 1.82) is 0 Å². The van der Waals surface area contributed by atoms with Crippen molar-refractivity contribution < 1.29 is 4.79 Å². The Morgan fingerprint density at radius 3 is 2.52 bits per heavy atom. The molecule has 0 spiro atoms. The predicted octanol–water partition coefficient (Wildman–Crippen LogP) is 3.11. The third-order valence-electron chi connectivity index (χ3n) is 2.83. The largest absolute Gasteiger partial charge is 0.326 e. The van der Waals surface area contributed by atoms with Crippen molar-refractivity contribution in [2.24, 2.45) is 0 Å². The minimum Gasteiger partial charge on any atom is -0.326 e. The maximum Gasteiger partial charge on any atom is 0.252 e. The number of carbonyl (C=O) groups excluding carboxylic acids is 1. The molecule has 0 fully saturated rings. The highest BCUT2D eigenvalue weighted by atomic mass is 32.2. The summed E-state index contributed by atoms with van der Waals surface area (Å²) >= 11 is 1.73. The first kappa shape index (κ1) is 17.1. The van der Waals surface area contributed by atoms with Crippen molar-refractivity contribution in [2.45, 2.75) is 31.8 Å². The van der Waals surface area contributed by atoms with Crippen LogP contribution >= 0.6 is 11.8 Å². The zero-order valence-electron chi connectivity index (χ0n) is 13.3. The molecule has 0 saturated heterocycles. The number of benzene rings is 1. The van der Waals surface area contributed by atoms with Gasteiger partial charge >= 0.3 is 0 Å². The number of hydrogen-bond acceptors (Lipinski definition) is 5. The fourth-order valence-corrected chi connectivity index (χ4v) is 2.52. The minimum atomic E-state index is -0.184. The van der Waals surface area contributed by atoms with Gasteiger partial charge in [-0.25, -0.2) is 4.98 Å². The number of anilines is 3. The number of H-pyrrole nitrogens is 1. The number of thioether (sulfide) groups is 1. The molecule has 3 N–H and O–H groups in total. The summed E-state index contributed by atoms with van der Waals surface area (Å²) in [4.78, 5) is 29.8. The Kier molecular flexibility index (Phi) is 5.81. The van der Waals surface area contributed by atoms with Crippen LogP contribution in [0.3, 0.4) is 0 Å². The van der Waals surface area contributed by atoms with E-state index in [1.54, 1.807) is 36.0 Å². The Morgan fingerprint density at radius 2 is 1.91 bits per heavy atom. The van der Waals surface area contributed by atoms with Crippen LogP contribution in [0.25, 0.3) is 0 Å². The molecule has 0 bridgehead atoms. The van der Waals surface area contributed by atoms with Crippen LogP contribution in [-0.2, 0) is 10.5 Å². The molecule has 2 rings (SSSR count). The van der Waals surface area contributed by atoms with Gasteiger partial charge in [0, 0.05) is 30.1 Å². The second-order valence-corrected chi connectivity index (χ2v) is 6.89. The van der Waals surface area contributed by atoms with Crippen molar-refractivity contribution in [3.63, 3.8) is 0 Å². The lowest BCUT2D eigenvalue weighted by Gasteiger charge is -2.09. The molecule has 1 aromatic heterocycles. The predicted molar refractivity (Wildman–Crippen MR) is 95.3 cm³/mol. The first-order chi connectivity index (χ1) is 10.9. The molecule has 0 unspecified atom stereocenters. The Bertz CT molecular complexity index is 726. The molecule has 6 nitrogen and oxygen atoms in total. The molecular formula is C16H20N4O2S. The number of aromatic amines is 1. The van der Waals surface area contributed by atoms with Crippen molar-refractivity contribution in [2.75, 3.05) is 10.6 Å². The van der Waals surface area contributed by atoms with Gasteiger partial charge in [0.2, 0.25) is 11.9 Å². The number of amides is 1. The monoisotopic (exact) mass is 332 g/mol. The van der Waals surface area contributed by atoms with Gasteiger partial charge in [0.25, 0.3) is 5.56 Å². The van der Waals surface area contributed by atoms with Gasteiger partial charge in [-0.2, -0.15) is 11.8 Å². The molecule has 23 heavy (non-hydrogen) atoms. The summed E-state index contributed by atoms with van der Waals surface area (Å²) in [5.41, 5.74) is 2.05. The normalized spacial score (nSPS) is 10.6. The lowest BCUT2D eigenvalue weighted by atomic mass is 10.3. The topological polar surface area (TPSA) is 86.9 Å². The molecule has 0 aliphatic heterocycles.